The summed E-state index contributed by atoms with van der Waals surface area (Å²) in [5.74, 6) is -1.50. The number of carbonyl (C=O) groups excluding carboxylic acids is 2. The van der Waals surface area contributed by atoms with E-state index in [0.29, 0.717) is 19.3 Å². The molecule has 0 saturated heterocycles. The summed E-state index contributed by atoms with van der Waals surface area (Å²) >= 11 is 0. The number of hydrogen-bond donors (Lipinski definition) is 2. The fourth-order valence-corrected chi connectivity index (χ4v) is 1.83. The molecule has 1 aromatic rings. The van der Waals surface area contributed by atoms with Crippen molar-refractivity contribution in [3.63, 3.8) is 0 Å². The van der Waals surface area contributed by atoms with Crippen LogP contribution in [0.2, 0.25) is 0 Å². The molecule has 0 aliphatic heterocycles. The third-order valence-electron chi connectivity index (χ3n) is 3.00. The van der Waals surface area contributed by atoms with Gasteiger partial charge in [0.15, 0.2) is 0 Å². The molecule has 1 rings (SSSR count). The Morgan fingerprint density at radius 1 is 1.36 bits per heavy atom. The Morgan fingerprint density at radius 2 is 2.05 bits per heavy atom. The fraction of sp³-hybridized carbons (Fsp3) is 0.333. The number of hydrogen-bond acceptors (Lipinski definition) is 2. The summed E-state index contributed by atoms with van der Waals surface area (Å²) in [6.45, 7) is 3.53. The summed E-state index contributed by atoms with van der Waals surface area (Å²) in [4.78, 5) is 23.3. The first-order chi connectivity index (χ1) is 10.3. The van der Waals surface area contributed by atoms with E-state index in [1.807, 2.05) is 0 Å². The molecule has 0 bridgehead atoms. The number of unbranched alkanes of at least 4 members (excludes halogenated alkanes) is 1. The molecule has 1 aromatic carbocycles. The summed E-state index contributed by atoms with van der Waals surface area (Å²) < 4.78 is 37.8. The SMILES string of the molecule is C=CCCC[C@H](NC(=O)c1cccc(C(F)(F)F)c1)C(N)=O. The Morgan fingerprint density at radius 3 is 2.59 bits per heavy atom. The van der Waals surface area contributed by atoms with Gasteiger partial charge in [-0.25, -0.2) is 0 Å². The molecule has 0 spiro atoms. The summed E-state index contributed by atoms with van der Waals surface area (Å²) in [6, 6.07) is 3.05. The smallest absolute Gasteiger partial charge is 0.368 e. The standard InChI is InChI=1S/C15H17F3N2O2/c1-2-3-4-8-12(13(19)21)20-14(22)10-6-5-7-11(9-10)15(16,17)18/h2,5-7,9,12H,1,3-4,8H2,(H2,19,21)(H,20,22)/t12-/m0/s1. The lowest BCUT2D eigenvalue weighted by Crippen LogP contribution is -2.44. The number of nitrogens with one attached hydrogen (secondary N) is 1. The number of alkyl halides is 3. The van der Waals surface area contributed by atoms with Gasteiger partial charge in [0.25, 0.3) is 5.91 Å². The van der Waals surface area contributed by atoms with Gasteiger partial charge in [-0.05, 0) is 37.5 Å². The lowest BCUT2D eigenvalue weighted by Gasteiger charge is -2.15. The first-order valence-corrected chi connectivity index (χ1v) is 6.64. The van der Waals surface area contributed by atoms with Crippen molar-refractivity contribution in [1.82, 2.24) is 5.32 Å². The van der Waals surface area contributed by atoms with E-state index in [4.69, 9.17) is 5.73 Å². The second kappa shape index (κ2) is 7.63. The summed E-state index contributed by atoms with van der Waals surface area (Å²) in [5.41, 5.74) is 4.08. The van der Waals surface area contributed by atoms with Gasteiger partial charge in [0.2, 0.25) is 5.91 Å². The molecule has 0 aromatic heterocycles. The molecule has 22 heavy (non-hydrogen) atoms. The van der Waals surface area contributed by atoms with Gasteiger partial charge in [0.1, 0.15) is 6.04 Å². The van der Waals surface area contributed by atoms with Crippen LogP contribution in [0.4, 0.5) is 13.2 Å². The van der Waals surface area contributed by atoms with Gasteiger partial charge < -0.3 is 11.1 Å². The third kappa shape index (κ3) is 5.23. The number of primary amides is 1. The molecular weight excluding hydrogens is 297 g/mol. The van der Waals surface area contributed by atoms with Crippen LogP contribution < -0.4 is 11.1 Å². The van der Waals surface area contributed by atoms with E-state index in [1.165, 1.54) is 6.07 Å². The number of amides is 2. The van der Waals surface area contributed by atoms with Crippen molar-refractivity contribution in [3.05, 3.63) is 48.0 Å². The number of halogens is 3. The van der Waals surface area contributed by atoms with E-state index in [9.17, 15) is 22.8 Å². The van der Waals surface area contributed by atoms with Crippen LogP contribution in [0.15, 0.2) is 36.9 Å². The van der Waals surface area contributed by atoms with Gasteiger partial charge in [0, 0.05) is 5.56 Å². The first kappa shape index (κ1) is 17.7. The van der Waals surface area contributed by atoms with E-state index in [1.54, 1.807) is 6.08 Å². The summed E-state index contributed by atoms with van der Waals surface area (Å²) in [5, 5.41) is 2.36. The molecule has 0 heterocycles. The molecule has 0 aliphatic carbocycles. The second-order valence-electron chi connectivity index (χ2n) is 4.73. The molecule has 0 unspecified atom stereocenters. The van der Waals surface area contributed by atoms with Crippen molar-refractivity contribution in [2.45, 2.75) is 31.5 Å². The largest absolute Gasteiger partial charge is 0.416 e. The maximum atomic E-state index is 12.6. The van der Waals surface area contributed by atoms with Crippen LogP contribution in [0.3, 0.4) is 0 Å². The third-order valence-corrected chi connectivity index (χ3v) is 3.00. The Kier molecular flexibility index (Phi) is 6.15. The molecule has 4 nitrogen and oxygen atoms in total. The van der Waals surface area contributed by atoms with Crippen molar-refractivity contribution in [3.8, 4) is 0 Å². The predicted molar refractivity (Wildman–Crippen MR) is 75.9 cm³/mol. The molecule has 0 radical (unpaired) electrons. The van der Waals surface area contributed by atoms with Crippen molar-refractivity contribution in [2.24, 2.45) is 5.73 Å². The molecule has 7 heteroatoms. The maximum absolute atomic E-state index is 12.6. The average molecular weight is 314 g/mol. The zero-order chi connectivity index (χ0) is 16.8. The lowest BCUT2D eigenvalue weighted by molar-refractivity contribution is -0.137. The van der Waals surface area contributed by atoms with Crippen molar-refractivity contribution in [1.29, 1.82) is 0 Å². The van der Waals surface area contributed by atoms with Gasteiger partial charge in [-0.2, -0.15) is 13.2 Å². The highest BCUT2D eigenvalue weighted by molar-refractivity contribution is 5.97. The topological polar surface area (TPSA) is 72.2 Å². The van der Waals surface area contributed by atoms with Crippen LogP contribution in [0.1, 0.15) is 35.2 Å². The van der Waals surface area contributed by atoms with Gasteiger partial charge in [-0.1, -0.05) is 12.1 Å². The highest BCUT2D eigenvalue weighted by Gasteiger charge is 2.31. The molecule has 3 N–H and O–H groups in total. The monoisotopic (exact) mass is 314 g/mol. The minimum absolute atomic E-state index is 0.176. The summed E-state index contributed by atoms with van der Waals surface area (Å²) in [6.07, 6.45) is -1.36. The molecule has 2 amide bonds. The van der Waals surface area contributed by atoms with Gasteiger partial charge in [-0.3, -0.25) is 9.59 Å². The average Bonchev–Trinajstić information content (AvgIpc) is 2.45. The number of carbonyl (C=O) groups is 2. The Hall–Kier alpha value is -2.31. The maximum Gasteiger partial charge on any atom is 0.416 e. The zero-order valence-corrected chi connectivity index (χ0v) is 11.8. The molecule has 120 valence electrons. The highest BCUT2D eigenvalue weighted by Crippen LogP contribution is 2.29. The molecule has 1 atom stereocenters. The fourth-order valence-electron chi connectivity index (χ4n) is 1.83. The summed E-state index contributed by atoms with van der Waals surface area (Å²) in [7, 11) is 0. The van der Waals surface area contributed by atoms with E-state index in [2.05, 4.69) is 11.9 Å². The normalized spacial score (nSPS) is 12.5. The second-order valence-corrected chi connectivity index (χ2v) is 4.73. The van der Waals surface area contributed by atoms with Gasteiger partial charge >= 0.3 is 6.18 Å². The van der Waals surface area contributed by atoms with Crippen LogP contribution in [-0.4, -0.2) is 17.9 Å². The van der Waals surface area contributed by atoms with Crippen molar-refractivity contribution < 1.29 is 22.8 Å². The molecule has 0 aliphatic rings. The minimum atomic E-state index is -4.54. The number of benzene rings is 1. The Labute approximate surface area is 126 Å². The van der Waals surface area contributed by atoms with Crippen LogP contribution >= 0.6 is 0 Å². The molecule has 0 saturated carbocycles. The van der Waals surface area contributed by atoms with Crippen molar-refractivity contribution in [2.75, 3.05) is 0 Å². The molecule has 0 fully saturated rings. The van der Waals surface area contributed by atoms with Gasteiger partial charge in [-0.15, -0.1) is 6.58 Å². The minimum Gasteiger partial charge on any atom is -0.368 e. The van der Waals surface area contributed by atoms with Crippen LogP contribution in [0, 0.1) is 0 Å². The van der Waals surface area contributed by atoms with E-state index in [0.717, 1.165) is 18.2 Å². The van der Waals surface area contributed by atoms with Crippen LogP contribution in [0.25, 0.3) is 0 Å². The predicted octanol–water partition coefficient (Wildman–Crippen LogP) is 2.65. The zero-order valence-electron chi connectivity index (χ0n) is 11.8. The quantitative estimate of drug-likeness (QED) is 0.600. The van der Waals surface area contributed by atoms with E-state index in [-0.39, 0.29) is 5.56 Å². The molecular formula is C15H17F3N2O2. The van der Waals surface area contributed by atoms with Crippen LogP contribution in [0.5, 0.6) is 0 Å². The first-order valence-electron chi connectivity index (χ1n) is 6.64. The highest BCUT2D eigenvalue weighted by atomic mass is 19.4. The van der Waals surface area contributed by atoms with E-state index < -0.39 is 29.6 Å². The number of rotatable bonds is 7. The Balaban J connectivity index is 2.81. The number of allylic oxidation sites excluding steroid dienone is 1. The van der Waals surface area contributed by atoms with Crippen molar-refractivity contribution >= 4 is 11.8 Å². The van der Waals surface area contributed by atoms with E-state index >= 15 is 0 Å². The van der Waals surface area contributed by atoms with Gasteiger partial charge in [0.05, 0.1) is 5.56 Å². The lowest BCUT2D eigenvalue weighted by atomic mass is 10.1. The van der Waals surface area contributed by atoms with Crippen LogP contribution in [-0.2, 0) is 11.0 Å². The Bertz CT molecular complexity index is 556. The number of nitrogens with two attached hydrogens (primary N) is 1.